The molecule has 3 heterocycles. The first kappa shape index (κ1) is 22.0. The Labute approximate surface area is 189 Å². The standard InChI is InChI=1S/C24H33N3O3S/c1-17-6-9-26(10-7-17)20(23-5-4-12-31-23)15-25-24(28)27-11-8-18-13-21(29-2)22(30-3)14-19(18)16-27/h4-5,12-14,17,20H,6-11,15-16H2,1-3H3,(H,25,28)/t20-/m0/s1. The van der Waals surface area contributed by atoms with Gasteiger partial charge in [0.1, 0.15) is 0 Å². The predicted molar refractivity (Wildman–Crippen MR) is 124 cm³/mol. The molecule has 2 aliphatic heterocycles. The third-order valence-corrected chi connectivity index (χ3v) is 7.56. The summed E-state index contributed by atoms with van der Waals surface area (Å²) in [5, 5.41) is 5.35. The van der Waals surface area contributed by atoms with E-state index in [4.69, 9.17) is 9.47 Å². The number of fused-ring (bicyclic) bond motifs is 1. The number of methoxy groups -OCH3 is 2. The zero-order valence-electron chi connectivity index (χ0n) is 18.7. The lowest BCUT2D eigenvalue weighted by molar-refractivity contribution is 0.134. The van der Waals surface area contributed by atoms with Gasteiger partial charge in [0.2, 0.25) is 0 Å². The smallest absolute Gasteiger partial charge is 0.317 e. The maximum Gasteiger partial charge on any atom is 0.317 e. The molecule has 0 aliphatic carbocycles. The van der Waals surface area contributed by atoms with Crippen LogP contribution in [-0.4, -0.2) is 56.2 Å². The van der Waals surface area contributed by atoms with Crippen LogP contribution in [0.3, 0.4) is 0 Å². The largest absolute Gasteiger partial charge is 0.493 e. The number of likely N-dealkylation sites (tertiary alicyclic amines) is 1. The number of benzene rings is 1. The molecular formula is C24H33N3O3S. The number of rotatable bonds is 6. The Kier molecular flexibility index (Phi) is 7.02. The van der Waals surface area contributed by atoms with Crippen molar-refractivity contribution >= 4 is 17.4 Å². The number of nitrogens with zero attached hydrogens (tertiary/aromatic N) is 2. The lowest BCUT2D eigenvalue weighted by Gasteiger charge is -2.37. The molecule has 31 heavy (non-hydrogen) atoms. The van der Waals surface area contributed by atoms with Gasteiger partial charge in [0.25, 0.3) is 0 Å². The van der Waals surface area contributed by atoms with Crippen molar-refractivity contribution in [1.82, 2.24) is 15.1 Å². The average Bonchev–Trinajstić information content (AvgIpc) is 3.33. The summed E-state index contributed by atoms with van der Waals surface area (Å²) in [6, 6.07) is 8.58. The third kappa shape index (κ3) is 4.99. The number of nitrogens with one attached hydrogen (secondary N) is 1. The van der Waals surface area contributed by atoms with Gasteiger partial charge in [0.15, 0.2) is 11.5 Å². The van der Waals surface area contributed by atoms with Crippen LogP contribution < -0.4 is 14.8 Å². The monoisotopic (exact) mass is 443 g/mol. The summed E-state index contributed by atoms with van der Waals surface area (Å²) in [6.07, 6.45) is 3.27. The summed E-state index contributed by atoms with van der Waals surface area (Å²) < 4.78 is 10.9. The fraction of sp³-hybridized carbons (Fsp3) is 0.542. The van der Waals surface area contributed by atoms with Gasteiger partial charge >= 0.3 is 6.03 Å². The number of thiophene rings is 1. The molecule has 2 amide bonds. The summed E-state index contributed by atoms with van der Waals surface area (Å²) >= 11 is 1.78. The van der Waals surface area contributed by atoms with E-state index in [1.807, 2.05) is 17.0 Å². The molecule has 0 bridgehead atoms. The summed E-state index contributed by atoms with van der Waals surface area (Å²) in [4.78, 5) is 18.8. The summed E-state index contributed by atoms with van der Waals surface area (Å²) in [7, 11) is 3.30. The van der Waals surface area contributed by atoms with Gasteiger partial charge in [-0.05, 0) is 73.0 Å². The molecule has 168 valence electrons. The number of ether oxygens (including phenoxy) is 2. The number of piperidine rings is 1. The van der Waals surface area contributed by atoms with Gasteiger partial charge in [-0.15, -0.1) is 11.3 Å². The molecule has 0 spiro atoms. The van der Waals surface area contributed by atoms with Crippen LogP contribution in [0.5, 0.6) is 11.5 Å². The summed E-state index contributed by atoms with van der Waals surface area (Å²) in [6.45, 7) is 6.46. The van der Waals surface area contributed by atoms with E-state index in [0.717, 1.165) is 36.7 Å². The Morgan fingerprint density at radius 2 is 1.87 bits per heavy atom. The van der Waals surface area contributed by atoms with Crippen LogP contribution in [0, 0.1) is 5.92 Å². The van der Waals surface area contributed by atoms with Gasteiger partial charge in [0, 0.05) is 24.5 Å². The molecule has 1 atom stereocenters. The maximum atomic E-state index is 13.0. The lowest BCUT2D eigenvalue weighted by atomic mass is 9.97. The SMILES string of the molecule is COc1cc2c(cc1OC)CN(C(=O)NC[C@@H](c1cccs1)N1CCC(C)CC1)CC2. The fourth-order valence-corrected chi connectivity index (χ4v) is 5.44. The topological polar surface area (TPSA) is 54.0 Å². The van der Waals surface area contributed by atoms with Crippen molar-refractivity contribution in [2.45, 2.75) is 38.8 Å². The predicted octanol–water partition coefficient (Wildman–Crippen LogP) is 4.31. The highest BCUT2D eigenvalue weighted by Gasteiger charge is 2.27. The highest BCUT2D eigenvalue weighted by atomic mass is 32.1. The number of amides is 2. The van der Waals surface area contributed by atoms with E-state index in [1.54, 1.807) is 25.6 Å². The van der Waals surface area contributed by atoms with E-state index in [2.05, 4.69) is 34.7 Å². The second-order valence-electron chi connectivity index (χ2n) is 8.58. The molecule has 4 rings (SSSR count). The van der Waals surface area contributed by atoms with Crippen LogP contribution in [0.25, 0.3) is 0 Å². The van der Waals surface area contributed by atoms with Gasteiger partial charge in [-0.2, -0.15) is 0 Å². The molecule has 2 aliphatic rings. The van der Waals surface area contributed by atoms with Crippen LogP contribution in [-0.2, 0) is 13.0 Å². The van der Waals surface area contributed by atoms with Crippen molar-refractivity contribution in [3.63, 3.8) is 0 Å². The quantitative estimate of drug-likeness (QED) is 0.723. The second-order valence-corrected chi connectivity index (χ2v) is 9.56. The van der Waals surface area contributed by atoms with Crippen molar-refractivity contribution in [3.05, 3.63) is 45.6 Å². The van der Waals surface area contributed by atoms with E-state index >= 15 is 0 Å². The van der Waals surface area contributed by atoms with Crippen LogP contribution >= 0.6 is 11.3 Å². The first-order valence-corrected chi connectivity index (χ1v) is 12.0. The van der Waals surface area contributed by atoms with E-state index < -0.39 is 0 Å². The molecular weight excluding hydrogens is 410 g/mol. The molecule has 0 radical (unpaired) electrons. The molecule has 0 saturated carbocycles. The molecule has 1 N–H and O–H groups in total. The summed E-state index contributed by atoms with van der Waals surface area (Å²) in [5.41, 5.74) is 2.35. The first-order valence-electron chi connectivity index (χ1n) is 11.1. The zero-order chi connectivity index (χ0) is 21.8. The van der Waals surface area contributed by atoms with Crippen molar-refractivity contribution in [3.8, 4) is 11.5 Å². The Morgan fingerprint density at radius 1 is 1.16 bits per heavy atom. The van der Waals surface area contributed by atoms with Crippen molar-refractivity contribution < 1.29 is 14.3 Å². The van der Waals surface area contributed by atoms with E-state index in [9.17, 15) is 4.79 Å². The lowest BCUT2D eigenvalue weighted by Crippen LogP contribution is -2.47. The Hall–Kier alpha value is -2.25. The van der Waals surface area contributed by atoms with Crippen LogP contribution in [0.15, 0.2) is 29.6 Å². The highest BCUT2D eigenvalue weighted by molar-refractivity contribution is 7.10. The number of hydrogen-bond donors (Lipinski definition) is 1. The molecule has 1 aromatic heterocycles. The molecule has 2 aromatic rings. The average molecular weight is 444 g/mol. The summed E-state index contributed by atoms with van der Waals surface area (Å²) in [5.74, 6) is 2.24. The van der Waals surface area contributed by atoms with Crippen LogP contribution in [0.2, 0.25) is 0 Å². The Bertz CT molecular complexity index is 878. The maximum absolute atomic E-state index is 13.0. The zero-order valence-corrected chi connectivity index (χ0v) is 19.5. The molecule has 7 heteroatoms. The van der Waals surface area contributed by atoms with E-state index in [-0.39, 0.29) is 12.1 Å². The number of carbonyl (C=O) groups is 1. The van der Waals surface area contributed by atoms with Gasteiger partial charge in [-0.1, -0.05) is 13.0 Å². The highest BCUT2D eigenvalue weighted by Crippen LogP contribution is 2.33. The third-order valence-electron chi connectivity index (χ3n) is 6.58. The Balaban J connectivity index is 1.40. The minimum absolute atomic E-state index is 0.00682. The molecule has 1 saturated heterocycles. The molecule has 0 unspecified atom stereocenters. The van der Waals surface area contributed by atoms with Crippen molar-refractivity contribution in [2.75, 3.05) is 40.4 Å². The van der Waals surface area contributed by atoms with Gasteiger partial charge in [-0.25, -0.2) is 4.79 Å². The second kappa shape index (κ2) is 9.92. The molecule has 1 fully saturated rings. The molecule has 1 aromatic carbocycles. The van der Waals surface area contributed by atoms with Gasteiger partial charge in [0.05, 0.1) is 20.3 Å². The minimum atomic E-state index is 0.00682. The molecule has 6 nitrogen and oxygen atoms in total. The minimum Gasteiger partial charge on any atom is -0.493 e. The van der Waals surface area contributed by atoms with Crippen LogP contribution in [0.4, 0.5) is 4.79 Å². The van der Waals surface area contributed by atoms with Gasteiger partial charge < -0.3 is 19.7 Å². The first-order chi connectivity index (χ1) is 15.1. The Morgan fingerprint density at radius 3 is 2.52 bits per heavy atom. The van der Waals surface area contributed by atoms with Crippen molar-refractivity contribution in [1.29, 1.82) is 0 Å². The van der Waals surface area contributed by atoms with E-state index in [0.29, 0.717) is 25.4 Å². The normalized spacial score (nSPS) is 18.4. The number of hydrogen-bond acceptors (Lipinski definition) is 5. The number of urea groups is 1. The van der Waals surface area contributed by atoms with Gasteiger partial charge in [-0.3, -0.25) is 4.90 Å². The van der Waals surface area contributed by atoms with Crippen LogP contribution in [0.1, 0.15) is 41.8 Å². The van der Waals surface area contributed by atoms with E-state index in [1.165, 1.54) is 23.3 Å². The fourth-order valence-electron chi connectivity index (χ4n) is 4.58. The van der Waals surface area contributed by atoms with Crippen molar-refractivity contribution in [2.24, 2.45) is 5.92 Å². The number of carbonyl (C=O) groups excluding carboxylic acids is 1.